The molecule has 0 saturated carbocycles. The summed E-state index contributed by atoms with van der Waals surface area (Å²) < 4.78 is 7.46. The summed E-state index contributed by atoms with van der Waals surface area (Å²) in [6.07, 6.45) is 8.92. The first-order chi connectivity index (χ1) is 10.3. The van der Waals surface area contributed by atoms with Gasteiger partial charge in [0.15, 0.2) is 0 Å². The molecule has 1 N–H and O–H groups in total. The average molecular weight is 289 g/mol. The summed E-state index contributed by atoms with van der Waals surface area (Å²) in [6, 6.07) is 2.23. The second-order valence-corrected chi connectivity index (χ2v) is 5.15. The molecule has 3 rings (SSSR count). The van der Waals surface area contributed by atoms with Gasteiger partial charge in [0.2, 0.25) is 0 Å². The van der Waals surface area contributed by atoms with Crippen LogP contribution in [-0.4, -0.2) is 50.2 Å². The number of rotatable bonds is 5. The molecule has 1 fully saturated rings. The van der Waals surface area contributed by atoms with E-state index in [2.05, 4.69) is 19.9 Å². The SMILES string of the molecule is O=c1[nH]ccn1CCN1CCC(Oc2ncccn2)CC1. The van der Waals surface area contributed by atoms with Crippen LogP contribution in [0.25, 0.3) is 0 Å². The second-order valence-electron chi connectivity index (χ2n) is 5.15. The van der Waals surface area contributed by atoms with Gasteiger partial charge in [0.1, 0.15) is 6.10 Å². The summed E-state index contributed by atoms with van der Waals surface area (Å²) >= 11 is 0. The minimum absolute atomic E-state index is 0.0468. The van der Waals surface area contributed by atoms with Gasteiger partial charge in [-0.15, -0.1) is 0 Å². The largest absolute Gasteiger partial charge is 0.460 e. The zero-order valence-electron chi connectivity index (χ0n) is 11.8. The number of aromatic nitrogens is 4. The van der Waals surface area contributed by atoms with Crippen LogP contribution in [0.4, 0.5) is 0 Å². The summed E-state index contributed by atoms with van der Waals surface area (Å²) in [6.45, 7) is 3.54. The third kappa shape index (κ3) is 3.69. The molecule has 7 nitrogen and oxygen atoms in total. The van der Waals surface area contributed by atoms with Gasteiger partial charge < -0.3 is 14.6 Å². The summed E-state index contributed by atoms with van der Waals surface area (Å²) in [7, 11) is 0. The van der Waals surface area contributed by atoms with Crippen molar-refractivity contribution in [2.24, 2.45) is 0 Å². The number of likely N-dealkylation sites (tertiary alicyclic amines) is 1. The summed E-state index contributed by atoms with van der Waals surface area (Å²) in [5.41, 5.74) is -0.0468. The van der Waals surface area contributed by atoms with Crippen molar-refractivity contribution in [1.29, 1.82) is 0 Å². The molecule has 3 heterocycles. The Bertz CT molecular complexity index is 601. The van der Waals surface area contributed by atoms with E-state index in [1.807, 2.05) is 0 Å². The summed E-state index contributed by atoms with van der Waals surface area (Å²) in [5, 5.41) is 0. The standard InChI is InChI=1S/C14H19N5O2/c20-14-17-6-9-19(14)11-10-18-7-2-12(3-8-18)21-13-15-4-1-5-16-13/h1,4-6,9,12H,2-3,7-8,10-11H2,(H,17,20). The Kier molecular flexibility index (Phi) is 4.30. The van der Waals surface area contributed by atoms with Crippen LogP contribution in [0.5, 0.6) is 6.01 Å². The Morgan fingerprint density at radius 3 is 2.67 bits per heavy atom. The fourth-order valence-electron chi connectivity index (χ4n) is 2.52. The molecular weight excluding hydrogens is 270 g/mol. The predicted octanol–water partition coefficient (Wildman–Crippen LogP) is 0.510. The average Bonchev–Trinajstić information content (AvgIpc) is 2.93. The lowest BCUT2D eigenvalue weighted by Crippen LogP contribution is -2.40. The molecule has 21 heavy (non-hydrogen) atoms. The van der Waals surface area contributed by atoms with Crippen LogP contribution >= 0.6 is 0 Å². The van der Waals surface area contributed by atoms with Gasteiger partial charge in [-0.25, -0.2) is 14.8 Å². The molecule has 0 amide bonds. The van der Waals surface area contributed by atoms with E-state index >= 15 is 0 Å². The maximum absolute atomic E-state index is 11.4. The quantitative estimate of drug-likeness (QED) is 0.868. The minimum atomic E-state index is -0.0468. The van der Waals surface area contributed by atoms with Gasteiger partial charge in [0.25, 0.3) is 0 Å². The van der Waals surface area contributed by atoms with Crippen LogP contribution in [0.3, 0.4) is 0 Å². The number of aromatic amines is 1. The molecule has 0 atom stereocenters. The van der Waals surface area contributed by atoms with Gasteiger partial charge in [-0.1, -0.05) is 0 Å². The highest BCUT2D eigenvalue weighted by atomic mass is 16.5. The molecule has 2 aromatic heterocycles. The van der Waals surface area contributed by atoms with Crippen LogP contribution in [0.15, 0.2) is 35.6 Å². The zero-order chi connectivity index (χ0) is 14.5. The van der Waals surface area contributed by atoms with E-state index in [0.29, 0.717) is 6.01 Å². The van der Waals surface area contributed by atoms with Crippen molar-refractivity contribution in [1.82, 2.24) is 24.4 Å². The Balaban J connectivity index is 1.43. The van der Waals surface area contributed by atoms with Crippen molar-refractivity contribution in [3.05, 3.63) is 41.3 Å². The molecule has 0 aromatic carbocycles. The first-order valence-corrected chi connectivity index (χ1v) is 7.21. The van der Waals surface area contributed by atoms with Gasteiger partial charge in [-0.05, 0) is 18.9 Å². The number of imidazole rings is 1. The maximum atomic E-state index is 11.4. The number of hydrogen-bond acceptors (Lipinski definition) is 5. The van der Waals surface area contributed by atoms with Crippen LogP contribution < -0.4 is 10.4 Å². The highest BCUT2D eigenvalue weighted by molar-refractivity contribution is 4.94. The van der Waals surface area contributed by atoms with Gasteiger partial charge in [0.05, 0.1) is 0 Å². The van der Waals surface area contributed by atoms with Crippen molar-refractivity contribution in [2.75, 3.05) is 19.6 Å². The Hall–Kier alpha value is -2.15. The third-order valence-electron chi connectivity index (χ3n) is 3.73. The lowest BCUT2D eigenvalue weighted by atomic mass is 10.1. The lowest BCUT2D eigenvalue weighted by Gasteiger charge is -2.31. The van der Waals surface area contributed by atoms with E-state index in [1.165, 1.54) is 0 Å². The molecule has 1 aliphatic rings. The number of piperidine rings is 1. The highest BCUT2D eigenvalue weighted by Crippen LogP contribution is 2.15. The van der Waals surface area contributed by atoms with Crippen molar-refractivity contribution >= 4 is 0 Å². The molecule has 0 unspecified atom stereocenters. The second kappa shape index (κ2) is 6.53. The monoisotopic (exact) mass is 289 g/mol. The van der Waals surface area contributed by atoms with Crippen LogP contribution in [0.1, 0.15) is 12.8 Å². The van der Waals surface area contributed by atoms with E-state index in [9.17, 15) is 4.79 Å². The molecule has 0 spiro atoms. The molecule has 0 radical (unpaired) electrons. The number of H-pyrrole nitrogens is 1. The van der Waals surface area contributed by atoms with Gasteiger partial charge in [-0.3, -0.25) is 4.57 Å². The van der Waals surface area contributed by atoms with E-state index in [-0.39, 0.29) is 11.8 Å². The molecular formula is C14H19N5O2. The topological polar surface area (TPSA) is 76.0 Å². The lowest BCUT2D eigenvalue weighted by molar-refractivity contribution is 0.0908. The first kappa shape index (κ1) is 13.8. The Morgan fingerprint density at radius 2 is 2.00 bits per heavy atom. The van der Waals surface area contributed by atoms with E-state index < -0.39 is 0 Å². The highest BCUT2D eigenvalue weighted by Gasteiger charge is 2.21. The molecule has 1 saturated heterocycles. The van der Waals surface area contributed by atoms with Crippen LogP contribution in [0, 0.1) is 0 Å². The van der Waals surface area contributed by atoms with Crippen molar-refractivity contribution < 1.29 is 4.74 Å². The van der Waals surface area contributed by atoms with Crippen LogP contribution in [-0.2, 0) is 6.54 Å². The van der Waals surface area contributed by atoms with Crippen LogP contribution in [0.2, 0.25) is 0 Å². The van der Waals surface area contributed by atoms with E-state index in [1.54, 1.807) is 35.4 Å². The molecule has 0 aliphatic carbocycles. The van der Waals surface area contributed by atoms with E-state index in [4.69, 9.17) is 4.74 Å². The van der Waals surface area contributed by atoms with Crippen molar-refractivity contribution in [3.8, 4) is 6.01 Å². The van der Waals surface area contributed by atoms with Crippen molar-refractivity contribution in [3.63, 3.8) is 0 Å². The van der Waals surface area contributed by atoms with Gasteiger partial charge in [-0.2, -0.15) is 0 Å². The van der Waals surface area contributed by atoms with Gasteiger partial charge >= 0.3 is 11.7 Å². The Labute approximate surface area is 122 Å². The molecule has 7 heteroatoms. The number of nitrogens with zero attached hydrogens (tertiary/aromatic N) is 4. The summed E-state index contributed by atoms with van der Waals surface area (Å²) in [5.74, 6) is 0. The van der Waals surface area contributed by atoms with Gasteiger partial charge in [0, 0.05) is 51.0 Å². The number of nitrogens with one attached hydrogen (secondary N) is 1. The Morgan fingerprint density at radius 1 is 1.24 bits per heavy atom. The zero-order valence-corrected chi connectivity index (χ0v) is 11.8. The number of ether oxygens (including phenoxy) is 1. The fraction of sp³-hybridized carbons (Fsp3) is 0.500. The smallest absolute Gasteiger partial charge is 0.325 e. The first-order valence-electron chi connectivity index (χ1n) is 7.21. The molecule has 112 valence electrons. The maximum Gasteiger partial charge on any atom is 0.325 e. The minimum Gasteiger partial charge on any atom is -0.460 e. The molecule has 1 aliphatic heterocycles. The molecule has 0 bridgehead atoms. The molecule has 2 aromatic rings. The predicted molar refractivity (Wildman–Crippen MR) is 77.2 cm³/mol. The third-order valence-corrected chi connectivity index (χ3v) is 3.73. The number of hydrogen-bond donors (Lipinski definition) is 1. The summed E-state index contributed by atoms with van der Waals surface area (Å²) in [4.78, 5) is 24.6. The van der Waals surface area contributed by atoms with E-state index in [0.717, 1.165) is 39.0 Å². The van der Waals surface area contributed by atoms with Crippen molar-refractivity contribution in [2.45, 2.75) is 25.5 Å². The fourth-order valence-corrected chi connectivity index (χ4v) is 2.52. The normalized spacial score (nSPS) is 17.0.